The Morgan fingerprint density at radius 1 is 0.952 bits per heavy atom. The van der Waals surface area contributed by atoms with Crippen LogP contribution in [0.5, 0.6) is 5.75 Å². The summed E-state index contributed by atoms with van der Waals surface area (Å²) in [7, 11) is -1.98. The van der Waals surface area contributed by atoms with Gasteiger partial charge >= 0.3 is 0 Å². The fraction of sp³-hybridized carbons (Fsp3) is 0.394. The van der Waals surface area contributed by atoms with E-state index in [1.54, 1.807) is 24.1 Å². The van der Waals surface area contributed by atoms with Gasteiger partial charge in [0.1, 0.15) is 11.8 Å². The number of benzene rings is 3. The van der Waals surface area contributed by atoms with Gasteiger partial charge < -0.3 is 15.0 Å². The van der Waals surface area contributed by atoms with Crippen molar-refractivity contribution in [2.45, 2.75) is 65.1 Å². The molecule has 0 saturated carbocycles. The van der Waals surface area contributed by atoms with Gasteiger partial charge in [0.25, 0.3) is 0 Å². The third kappa shape index (κ3) is 9.62. The zero-order chi connectivity index (χ0) is 30.7. The Balaban J connectivity index is 1.90. The Bertz CT molecular complexity index is 1410. The first-order valence-corrected chi connectivity index (χ1v) is 16.2. The number of aryl methyl sites for hydroxylation is 1. The molecule has 0 saturated heterocycles. The van der Waals surface area contributed by atoms with Gasteiger partial charge in [0.2, 0.25) is 21.8 Å². The Morgan fingerprint density at radius 2 is 1.62 bits per heavy atom. The molecule has 2 unspecified atom stereocenters. The second-order valence-electron chi connectivity index (χ2n) is 10.7. The van der Waals surface area contributed by atoms with E-state index >= 15 is 0 Å². The number of amides is 2. The van der Waals surface area contributed by atoms with E-state index in [2.05, 4.69) is 5.32 Å². The topological polar surface area (TPSA) is 96.0 Å². The first-order chi connectivity index (χ1) is 20.0. The molecule has 42 heavy (non-hydrogen) atoms. The van der Waals surface area contributed by atoms with E-state index in [1.165, 1.54) is 10.6 Å². The lowest BCUT2D eigenvalue weighted by Gasteiger charge is -2.33. The lowest BCUT2D eigenvalue weighted by Crippen LogP contribution is -2.52. The van der Waals surface area contributed by atoms with E-state index in [-0.39, 0.29) is 37.4 Å². The molecule has 0 aromatic heterocycles. The molecule has 0 spiro atoms. The first kappa shape index (κ1) is 32.7. The fourth-order valence-corrected chi connectivity index (χ4v) is 5.64. The molecular weight excluding hydrogens is 550 g/mol. The Kier molecular flexibility index (Phi) is 12.0. The van der Waals surface area contributed by atoms with Crippen LogP contribution in [-0.4, -0.2) is 57.1 Å². The second-order valence-corrected chi connectivity index (χ2v) is 12.6. The molecule has 8 nitrogen and oxygen atoms in total. The molecule has 0 aliphatic carbocycles. The minimum atomic E-state index is -3.56. The summed E-state index contributed by atoms with van der Waals surface area (Å²) in [6.45, 7) is 6.22. The zero-order valence-corrected chi connectivity index (χ0v) is 26.1. The van der Waals surface area contributed by atoms with E-state index < -0.39 is 16.1 Å². The maximum absolute atomic E-state index is 14.0. The summed E-state index contributed by atoms with van der Waals surface area (Å²) < 4.78 is 32.0. The third-order valence-corrected chi connectivity index (χ3v) is 8.43. The lowest BCUT2D eigenvalue weighted by molar-refractivity contribution is -0.141. The number of anilines is 1. The molecule has 3 aromatic rings. The predicted molar refractivity (Wildman–Crippen MR) is 168 cm³/mol. The molecule has 3 rings (SSSR count). The number of carbonyl (C=O) groups is 2. The van der Waals surface area contributed by atoms with Gasteiger partial charge in [-0.1, -0.05) is 67.1 Å². The number of sulfonamides is 1. The van der Waals surface area contributed by atoms with Crippen LogP contribution in [-0.2, 0) is 32.6 Å². The monoisotopic (exact) mass is 593 g/mol. The Hall–Kier alpha value is -3.85. The smallest absolute Gasteiger partial charge is 0.243 e. The van der Waals surface area contributed by atoms with Gasteiger partial charge in [0, 0.05) is 32.0 Å². The van der Waals surface area contributed by atoms with Crippen LogP contribution in [0.2, 0.25) is 0 Å². The van der Waals surface area contributed by atoms with Crippen LogP contribution >= 0.6 is 0 Å². The lowest BCUT2D eigenvalue weighted by atomic mass is 10.0. The van der Waals surface area contributed by atoms with Crippen LogP contribution in [0.4, 0.5) is 5.69 Å². The molecule has 2 atom stereocenters. The van der Waals surface area contributed by atoms with Crippen molar-refractivity contribution in [1.29, 1.82) is 0 Å². The molecule has 2 amide bonds. The van der Waals surface area contributed by atoms with Crippen LogP contribution in [0, 0.1) is 6.92 Å². The van der Waals surface area contributed by atoms with Crippen LogP contribution in [0.25, 0.3) is 0 Å². The van der Waals surface area contributed by atoms with Gasteiger partial charge in [0.15, 0.2) is 0 Å². The number of nitrogens with one attached hydrogen (secondary N) is 1. The fourth-order valence-electron chi connectivity index (χ4n) is 4.68. The largest absolute Gasteiger partial charge is 0.497 e. The summed E-state index contributed by atoms with van der Waals surface area (Å²) in [5.74, 6) is 0.211. The molecule has 0 heterocycles. The van der Waals surface area contributed by atoms with Crippen LogP contribution < -0.4 is 14.4 Å². The molecule has 0 radical (unpaired) electrons. The standard InChI is InChI=1S/C33H43N3O5S/c1-6-26(3)34-33(38)31(23-27-12-8-7-9-13-27)35(24-28-14-10-15-30(22-28)41-4)32(37)16-11-21-36(42(5,39)40)29-19-17-25(2)18-20-29/h7-10,12-15,17-20,22,26,31H,6,11,16,21,23-24H2,1-5H3,(H,34,38). The van der Waals surface area contributed by atoms with E-state index in [0.717, 1.165) is 23.1 Å². The number of carbonyl (C=O) groups excluding carboxylic acids is 2. The van der Waals surface area contributed by atoms with Gasteiger partial charge in [-0.2, -0.15) is 0 Å². The van der Waals surface area contributed by atoms with Crippen molar-refractivity contribution in [2.75, 3.05) is 24.2 Å². The SMILES string of the molecule is CCC(C)NC(=O)C(Cc1ccccc1)N(Cc1cccc(OC)c1)C(=O)CCCN(c1ccc(C)cc1)S(C)(=O)=O. The summed E-state index contributed by atoms with van der Waals surface area (Å²) in [6, 6.07) is 23.5. The van der Waals surface area contributed by atoms with Gasteiger partial charge in [-0.05, 0) is 62.1 Å². The van der Waals surface area contributed by atoms with Crippen molar-refractivity contribution in [3.63, 3.8) is 0 Å². The highest BCUT2D eigenvalue weighted by molar-refractivity contribution is 7.92. The van der Waals surface area contributed by atoms with Crippen molar-refractivity contribution in [2.24, 2.45) is 0 Å². The number of hydrogen-bond acceptors (Lipinski definition) is 5. The number of hydrogen-bond donors (Lipinski definition) is 1. The summed E-state index contributed by atoms with van der Waals surface area (Å²) in [4.78, 5) is 29.3. The molecule has 226 valence electrons. The number of rotatable bonds is 15. The highest BCUT2D eigenvalue weighted by Gasteiger charge is 2.31. The van der Waals surface area contributed by atoms with E-state index in [4.69, 9.17) is 4.74 Å². The third-order valence-electron chi connectivity index (χ3n) is 7.23. The normalized spacial score (nSPS) is 12.7. The van der Waals surface area contributed by atoms with Crippen molar-refractivity contribution in [3.05, 3.63) is 95.6 Å². The van der Waals surface area contributed by atoms with Crippen LogP contribution in [0.15, 0.2) is 78.9 Å². The van der Waals surface area contributed by atoms with Crippen molar-refractivity contribution >= 4 is 27.5 Å². The molecule has 0 aliphatic rings. The maximum Gasteiger partial charge on any atom is 0.243 e. The molecular formula is C33H43N3O5S. The first-order valence-electron chi connectivity index (χ1n) is 14.3. The van der Waals surface area contributed by atoms with E-state index in [9.17, 15) is 18.0 Å². The minimum Gasteiger partial charge on any atom is -0.497 e. The highest BCUT2D eigenvalue weighted by atomic mass is 32.2. The van der Waals surface area contributed by atoms with Gasteiger partial charge in [0.05, 0.1) is 19.1 Å². The maximum atomic E-state index is 14.0. The molecule has 0 aliphatic heterocycles. The van der Waals surface area contributed by atoms with Gasteiger partial charge in [-0.3, -0.25) is 13.9 Å². The number of ether oxygens (including phenoxy) is 1. The van der Waals surface area contributed by atoms with Crippen LogP contribution in [0.3, 0.4) is 0 Å². The van der Waals surface area contributed by atoms with E-state index in [1.807, 2.05) is 87.5 Å². The minimum absolute atomic E-state index is 0.0534. The molecule has 1 N–H and O–H groups in total. The summed E-state index contributed by atoms with van der Waals surface area (Å²) >= 11 is 0. The van der Waals surface area contributed by atoms with Gasteiger partial charge in [-0.15, -0.1) is 0 Å². The van der Waals surface area contributed by atoms with Crippen molar-refractivity contribution in [3.8, 4) is 5.75 Å². The Labute approximate surface area is 250 Å². The summed E-state index contributed by atoms with van der Waals surface area (Å²) in [5.41, 5.74) is 3.34. The van der Waals surface area contributed by atoms with Gasteiger partial charge in [-0.25, -0.2) is 8.42 Å². The van der Waals surface area contributed by atoms with Crippen molar-refractivity contribution < 1.29 is 22.7 Å². The quantitative estimate of drug-likeness (QED) is 0.264. The van der Waals surface area contributed by atoms with Crippen molar-refractivity contribution in [1.82, 2.24) is 10.2 Å². The number of nitrogens with zero attached hydrogens (tertiary/aromatic N) is 2. The Morgan fingerprint density at radius 3 is 2.24 bits per heavy atom. The van der Waals surface area contributed by atoms with E-state index in [0.29, 0.717) is 24.3 Å². The highest BCUT2D eigenvalue weighted by Crippen LogP contribution is 2.22. The average molecular weight is 594 g/mol. The summed E-state index contributed by atoms with van der Waals surface area (Å²) in [5, 5.41) is 3.07. The second kappa shape index (κ2) is 15.4. The predicted octanol–water partition coefficient (Wildman–Crippen LogP) is 5.10. The molecule has 0 fully saturated rings. The number of methoxy groups -OCH3 is 1. The van der Waals surface area contributed by atoms with Crippen LogP contribution in [0.1, 0.15) is 49.8 Å². The average Bonchev–Trinajstić information content (AvgIpc) is 2.97. The molecule has 9 heteroatoms. The molecule has 3 aromatic carbocycles. The molecule has 0 bridgehead atoms. The summed E-state index contributed by atoms with van der Waals surface area (Å²) in [6.07, 6.45) is 2.63. The zero-order valence-electron chi connectivity index (χ0n) is 25.2.